The highest BCUT2D eigenvalue weighted by atomic mass is 32.2. The first-order valence-corrected chi connectivity index (χ1v) is 8.79. The maximum absolute atomic E-state index is 12.5. The van der Waals surface area contributed by atoms with Gasteiger partial charge in [-0.2, -0.15) is 4.31 Å². The quantitative estimate of drug-likeness (QED) is 0.632. The highest BCUT2D eigenvalue weighted by Crippen LogP contribution is 2.38. The molecule has 2 aliphatic rings. The second kappa shape index (κ2) is 5.21. The fourth-order valence-electron chi connectivity index (χ4n) is 3.01. The Labute approximate surface area is 130 Å². The van der Waals surface area contributed by atoms with Crippen LogP contribution < -0.4 is 0 Å². The average Bonchev–Trinajstić information content (AvgIpc) is 3.09. The van der Waals surface area contributed by atoms with Crippen molar-refractivity contribution in [3.05, 3.63) is 42.0 Å². The van der Waals surface area contributed by atoms with Gasteiger partial charge in [-0.1, -0.05) is 18.7 Å². The zero-order chi connectivity index (χ0) is 16.0. The summed E-state index contributed by atoms with van der Waals surface area (Å²) in [6.07, 6.45) is 2.24. The Kier molecular flexibility index (Phi) is 3.61. The van der Waals surface area contributed by atoms with E-state index in [1.807, 2.05) is 6.92 Å². The summed E-state index contributed by atoms with van der Waals surface area (Å²) >= 11 is 0. The molecule has 2 heterocycles. The Morgan fingerprint density at radius 1 is 1.18 bits per heavy atom. The number of rotatable bonds is 3. The van der Waals surface area contributed by atoms with Crippen LogP contribution in [0.2, 0.25) is 0 Å². The summed E-state index contributed by atoms with van der Waals surface area (Å²) in [5, 5.41) is 0. The topological polar surface area (TPSA) is 63.7 Å². The molecule has 2 fully saturated rings. The fourth-order valence-corrected chi connectivity index (χ4v) is 4.53. The van der Waals surface area contributed by atoms with E-state index in [9.17, 15) is 13.2 Å². The van der Waals surface area contributed by atoms with Gasteiger partial charge in [0.15, 0.2) is 0 Å². The molecule has 0 radical (unpaired) electrons. The van der Waals surface area contributed by atoms with Crippen molar-refractivity contribution in [3.63, 3.8) is 0 Å². The Morgan fingerprint density at radius 3 is 2.27 bits per heavy atom. The van der Waals surface area contributed by atoms with Crippen LogP contribution in [0, 0.1) is 0 Å². The van der Waals surface area contributed by atoms with Crippen molar-refractivity contribution in [2.45, 2.75) is 36.7 Å². The summed E-state index contributed by atoms with van der Waals surface area (Å²) in [6, 6.07) is 6.61. The minimum absolute atomic E-state index is 0.282. The fraction of sp³-hybridized carbons (Fsp3) is 0.438. The monoisotopic (exact) mass is 321 g/mol. The molecule has 0 bridgehead atoms. The summed E-state index contributed by atoms with van der Waals surface area (Å²) in [7, 11) is -3.41. The maximum atomic E-state index is 12.5. The third kappa shape index (κ3) is 2.46. The van der Waals surface area contributed by atoms with Crippen LogP contribution in [0.3, 0.4) is 0 Å². The van der Waals surface area contributed by atoms with Crippen LogP contribution in [0.25, 0.3) is 0 Å². The second-order valence-corrected chi connectivity index (χ2v) is 7.97. The van der Waals surface area contributed by atoms with Crippen LogP contribution in [0.5, 0.6) is 0 Å². The summed E-state index contributed by atoms with van der Waals surface area (Å²) in [4.78, 5) is 11.8. The Balaban J connectivity index is 1.87. The molecule has 0 aliphatic carbocycles. The number of cyclic esters (lactones) is 1. The van der Waals surface area contributed by atoms with Gasteiger partial charge in [-0.25, -0.2) is 13.2 Å². The Morgan fingerprint density at radius 2 is 1.77 bits per heavy atom. The summed E-state index contributed by atoms with van der Waals surface area (Å²) in [6.45, 7) is 6.67. The lowest BCUT2D eigenvalue weighted by Crippen LogP contribution is -2.28. The first-order chi connectivity index (χ1) is 10.3. The van der Waals surface area contributed by atoms with Gasteiger partial charge in [0.2, 0.25) is 10.0 Å². The molecule has 1 aromatic carbocycles. The van der Waals surface area contributed by atoms with E-state index in [1.165, 1.54) is 4.31 Å². The highest BCUT2D eigenvalue weighted by molar-refractivity contribution is 7.89. The molecule has 0 aromatic heterocycles. The lowest BCUT2D eigenvalue weighted by molar-refractivity contribution is -0.145. The van der Waals surface area contributed by atoms with E-state index in [0.717, 1.165) is 18.4 Å². The van der Waals surface area contributed by atoms with Crippen LogP contribution >= 0.6 is 0 Å². The first-order valence-electron chi connectivity index (χ1n) is 7.35. The molecule has 2 saturated heterocycles. The van der Waals surface area contributed by atoms with E-state index in [2.05, 4.69) is 6.58 Å². The third-order valence-electron chi connectivity index (χ3n) is 4.33. The number of benzene rings is 1. The van der Waals surface area contributed by atoms with Crippen LogP contribution in [0.1, 0.15) is 31.7 Å². The van der Waals surface area contributed by atoms with E-state index >= 15 is 0 Å². The van der Waals surface area contributed by atoms with Gasteiger partial charge in [-0.05, 0) is 37.5 Å². The zero-order valence-electron chi connectivity index (χ0n) is 12.5. The van der Waals surface area contributed by atoms with Crippen LogP contribution in [0.4, 0.5) is 0 Å². The minimum atomic E-state index is -3.41. The normalized spacial score (nSPS) is 26.4. The van der Waals surface area contributed by atoms with Gasteiger partial charge in [0.1, 0.15) is 5.60 Å². The molecular formula is C16H19NO4S. The average molecular weight is 321 g/mol. The molecule has 0 spiro atoms. The standard InChI is InChI=1S/C16H19NO4S/c1-12-11-16(2,21-15(12)18)13-5-7-14(8-6-13)22(19,20)17-9-3-4-10-17/h5-8H,1,3-4,9-11H2,2H3. The first kappa shape index (κ1) is 15.2. The molecule has 0 N–H and O–H groups in total. The van der Waals surface area contributed by atoms with Crippen molar-refractivity contribution >= 4 is 16.0 Å². The highest BCUT2D eigenvalue weighted by Gasteiger charge is 2.40. The zero-order valence-corrected chi connectivity index (χ0v) is 13.4. The van der Waals surface area contributed by atoms with Gasteiger partial charge < -0.3 is 4.74 Å². The lowest BCUT2D eigenvalue weighted by atomic mass is 9.92. The van der Waals surface area contributed by atoms with E-state index in [-0.39, 0.29) is 4.90 Å². The number of carbonyl (C=O) groups excluding carboxylic acids is 1. The molecule has 6 heteroatoms. The van der Waals surface area contributed by atoms with Gasteiger partial charge in [0, 0.05) is 25.1 Å². The molecule has 0 amide bonds. The number of nitrogens with zero attached hydrogens (tertiary/aromatic N) is 1. The molecule has 118 valence electrons. The van der Waals surface area contributed by atoms with Crippen molar-refractivity contribution in [1.29, 1.82) is 0 Å². The van der Waals surface area contributed by atoms with E-state index in [1.54, 1.807) is 24.3 Å². The van der Waals surface area contributed by atoms with Crippen molar-refractivity contribution in [3.8, 4) is 0 Å². The van der Waals surface area contributed by atoms with Crippen molar-refractivity contribution in [2.24, 2.45) is 0 Å². The predicted octanol–water partition coefficient (Wildman–Crippen LogP) is 2.19. The second-order valence-electron chi connectivity index (χ2n) is 6.04. The Hall–Kier alpha value is -1.66. The third-order valence-corrected chi connectivity index (χ3v) is 6.24. The number of hydrogen-bond donors (Lipinski definition) is 0. The molecular weight excluding hydrogens is 302 g/mol. The van der Waals surface area contributed by atoms with Crippen molar-refractivity contribution in [2.75, 3.05) is 13.1 Å². The Bertz CT molecular complexity index is 699. The molecule has 3 rings (SSSR count). The smallest absolute Gasteiger partial charge is 0.334 e. The van der Waals surface area contributed by atoms with Crippen molar-refractivity contribution < 1.29 is 17.9 Å². The van der Waals surface area contributed by atoms with Crippen LogP contribution in [-0.4, -0.2) is 31.8 Å². The number of sulfonamides is 1. The summed E-state index contributed by atoms with van der Waals surface area (Å²) in [5.74, 6) is -0.392. The van der Waals surface area contributed by atoms with Gasteiger partial charge in [-0.3, -0.25) is 0 Å². The van der Waals surface area contributed by atoms with E-state index in [0.29, 0.717) is 25.1 Å². The van der Waals surface area contributed by atoms with Gasteiger partial charge >= 0.3 is 5.97 Å². The van der Waals surface area contributed by atoms with Gasteiger partial charge in [0.05, 0.1) is 4.90 Å². The molecule has 22 heavy (non-hydrogen) atoms. The number of hydrogen-bond acceptors (Lipinski definition) is 4. The molecule has 1 unspecified atom stereocenters. The molecule has 5 nitrogen and oxygen atoms in total. The van der Waals surface area contributed by atoms with Crippen molar-refractivity contribution in [1.82, 2.24) is 4.31 Å². The number of esters is 1. The number of ether oxygens (including phenoxy) is 1. The lowest BCUT2D eigenvalue weighted by Gasteiger charge is -2.23. The van der Waals surface area contributed by atoms with E-state index in [4.69, 9.17) is 4.74 Å². The van der Waals surface area contributed by atoms with Gasteiger partial charge in [0.25, 0.3) is 0 Å². The summed E-state index contributed by atoms with van der Waals surface area (Å²) < 4.78 is 31.8. The maximum Gasteiger partial charge on any atom is 0.334 e. The van der Waals surface area contributed by atoms with Crippen LogP contribution in [-0.2, 0) is 25.2 Å². The predicted molar refractivity (Wildman–Crippen MR) is 81.6 cm³/mol. The molecule has 0 saturated carbocycles. The van der Waals surface area contributed by atoms with E-state index < -0.39 is 21.6 Å². The minimum Gasteiger partial charge on any atom is -0.451 e. The molecule has 2 aliphatic heterocycles. The van der Waals surface area contributed by atoms with Crippen LogP contribution in [0.15, 0.2) is 41.3 Å². The molecule has 1 aromatic rings. The van der Waals surface area contributed by atoms with Gasteiger partial charge in [-0.15, -0.1) is 0 Å². The largest absolute Gasteiger partial charge is 0.451 e. The molecule has 1 atom stereocenters. The SMILES string of the molecule is C=C1CC(C)(c2ccc(S(=O)(=O)N3CCCC3)cc2)OC1=O. The number of carbonyl (C=O) groups is 1. The summed E-state index contributed by atoms with van der Waals surface area (Å²) in [5.41, 5.74) is 0.459.